The monoisotopic (exact) mass is 237 g/mol. The van der Waals surface area contributed by atoms with Crippen molar-refractivity contribution >= 4 is 5.69 Å². The SMILES string of the molecule is CC[C@H](N)c1ccc(N(CC)CCOC)cn1. The molecule has 0 aliphatic carbocycles. The van der Waals surface area contributed by atoms with Crippen LogP contribution in [0.15, 0.2) is 18.3 Å². The Morgan fingerprint density at radius 2 is 2.18 bits per heavy atom. The van der Waals surface area contributed by atoms with Crippen LogP contribution >= 0.6 is 0 Å². The largest absolute Gasteiger partial charge is 0.383 e. The fraction of sp³-hybridized carbons (Fsp3) is 0.615. The van der Waals surface area contributed by atoms with E-state index in [1.54, 1.807) is 7.11 Å². The quantitative estimate of drug-likeness (QED) is 0.787. The van der Waals surface area contributed by atoms with E-state index in [-0.39, 0.29) is 6.04 Å². The molecule has 0 fully saturated rings. The van der Waals surface area contributed by atoms with E-state index in [1.165, 1.54) is 0 Å². The van der Waals surface area contributed by atoms with Crippen molar-refractivity contribution in [3.05, 3.63) is 24.0 Å². The molecule has 1 heterocycles. The van der Waals surface area contributed by atoms with Gasteiger partial charge in [0.1, 0.15) is 0 Å². The smallest absolute Gasteiger partial charge is 0.0637 e. The number of aromatic nitrogens is 1. The van der Waals surface area contributed by atoms with Gasteiger partial charge in [-0.05, 0) is 25.5 Å². The van der Waals surface area contributed by atoms with Crippen molar-refractivity contribution in [3.8, 4) is 0 Å². The van der Waals surface area contributed by atoms with E-state index in [4.69, 9.17) is 10.5 Å². The molecule has 96 valence electrons. The zero-order chi connectivity index (χ0) is 12.7. The summed E-state index contributed by atoms with van der Waals surface area (Å²) in [6.07, 6.45) is 2.80. The van der Waals surface area contributed by atoms with Crippen molar-refractivity contribution < 1.29 is 4.74 Å². The van der Waals surface area contributed by atoms with Crippen LogP contribution in [0.1, 0.15) is 32.0 Å². The second-order valence-electron chi connectivity index (χ2n) is 4.03. The van der Waals surface area contributed by atoms with E-state index < -0.39 is 0 Å². The second kappa shape index (κ2) is 7.25. The van der Waals surface area contributed by atoms with Crippen molar-refractivity contribution in [2.45, 2.75) is 26.3 Å². The summed E-state index contributed by atoms with van der Waals surface area (Å²) in [7, 11) is 1.72. The van der Waals surface area contributed by atoms with Crippen LogP contribution in [0.2, 0.25) is 0 Å². The second-order valence-corrected chi connectivity index (χ2v) is 4.03. The van der Waals surface area contributed by atoms with Gasteiger partial charge < -0.3 is 15.4 Å². The standard InChI is InChI=1S/C13H23N3O/c1-4-12(14)13-7-6-11(10-15-13)16(5-2)8-9-17-3/h6-7,10,12H,4-5,8-9,14H2,1-3H3/t12-/m0/s1. The van der Waals surface area contributed by atoms with E-state index in [0.717, 1.165) is 37.5 Å². The summed E-state index contributed by atoms with van der Waals surface area (Å²) in [6.45, 7) is 6.75. The lowest BCUT2D eigenvalue weighted by Crippen LogP contribution is -2.27. The molecule has 0 saturated carbocycles. The van der Waals surface area contributed by atoms with Crippen molar-refractivity contribution in [1.29, 1.82) is 0 Å². The highest BCUT2D eigenvalue weighted by Crippen LogP contribution is 2.16. The summed E-state index contributed by atoms with van der Waals surface area (Å²) in [5.74, 6) is 0. The van der Waals surface area contributed by atoms with E-state index >= 15 is 0 Å². The van der Waals surface area contributed by atoms with Gasteiger partial charge in [0.05, 0.1) is 24.2 Å². The Balaban J connectivity index is 2.70. The summed E-state index contributed by atoms with van der Waals surface area (Å²) >= 11 is 0. The maximum absolute atomic E-state index is 5.94. The number of anilines is 1. The lowest BCUT2D eigenvalue weighted by atomic mass is 10.1. The number of methoxy groups -OCH3 is 1. The van der Waals surface area contributed by atoms with Gasteiger partial charge in [0.15, 0.2) is 0 Å². The van der Waals surface area contributed by atoms with E-state index in [2.05, 4.69) is 29.8 Å². The number of likely N-dealkylation sites (N-methyl/N-ethyl adjacent to an activating group) is 1. The minimum atomic E-state index is 0.0399. The van der Waals surface area contributed by atoms with Crippen molar-refractivity contribution in [3.63, 3.8) is 0 Å². The Kier molecular flexibility index (Phi) is 5.94. The van der Waals surface area contributed by atoms with Gasteiger partial charge in [-0.2, -0.15) is 0 Å². The molecule has 0 aliphatic rings. The zero-order valence-corrected chi connectivity index (χ0v) is 11.0. The summed E-state index contributed by atoms with van der Waals surface area (Å²) in [5, 5.41) is 0. The van der Waals surface area contributed by atoms with Crippen LogP contribution in [0.5, 0.6) is 0 Å². The molecule has 4 heteroatoms. The lowest BCUT2D eigenvalue weighted by Gasteiger charge is -2.22. The highest BCUT2D eigenvalue weighted by Gasteiger charge is 2.07. The van der Waals surface area contributed by atoms with Gasteiger partial charge >= 0.3 is 0 Å². The third-order valence-corrected chi connectivity index (χ3v) is 2.90. The Hall–Kier alpha value is -1.13. The first-order chi connectivity index (χ1) is 8.22. The molecule has 1 rings (SSSR count). The summed E-state index contributed by atoms with van der Waals surface area (Å²) in [6, 6.07) is 4.13. The molecule has 0 saturated heterocycles. The summed E-state index contributed by atoms with van der Waals surface area (Å²) in [5.41, 5.74) is 8.02. The third-order valence-electron chi connectivity index (χ3n) is 2.90. The fourth-order valence-corrected chi connectivity index (χ4v) is 1.68. The van der Waals surface area contributed by atoms with Crippen LogP contribution < -0.4 is 10.6 Å². The molecule has 0 amide bonds. The van der Waals surface area contributed by atoms with Gasteiger partial charge in [-0.15, -0.1) is 0 Å². The molecule has 17 heavy (non-hydrogen) atoms. The molecular weight excluding hydrogens is 214 g/mol. The van der Waals surface area contributed by atoms with Crippen LogP contribution in [0.25, 0.3) is 0 Å². The first kappa shape index (κ1) is 13.9. The molecular formula is C13H23N3O. The van der Waals surface area contributed by atoms with Crippen LogP contribution in [-0.4, -0.2) is 31.8 Å². The lowest BCUT2D eigenvalue weighted by molar-refractivity contribution is 0.205. The fourth-order valence-electron chi connectivity index (χ4n) is 1.68. The Bertz CT molecular complexity index is 313. The number of nitrogens with two attached hydrogens (primary N) is 1. The predicted molar refractivity (Wildman–Crippen MR) is 71.2 cm³/mol. The first-order valence-corrected chi connectivity index (χ1v) is 6.18. The van der Waals surface area contributed by atoms with Crippen LogP contribution in [0.3, 0.4) is 0 Å². The molecule has 0 radical (unpaired) electrons. The summed E-state index contributed by atoms with van der Waals surface area (Å²) < 4.78 is 5.09. The molecule has 1 atom stereocenters. The molecule has 0 aromatic carbocycles. The Morgan fingerprint density at radius 1 is 1.41 bits per heavy atom. The molecule has 0 aliphatic heterocycles. The minimum Gasteiger partial charge on any atom is -0.383 e. The molecule has 0 spiro atoms. The molecule has 1 aromatic rings. The average Bonchev–Trinajstić information content (AvgIpc) is 2.39. The van der Waals surface area contributed by atoms with E-state index in [1.807, 2.05) is 12.3 Å². The molecule has 0 unspecified atom stereocenters. The number of hydrogen-bond acceptors (Lipinski definition) is 4. The van der Waals surface area contributed by atoms with Gasteiger partial charge in [-0.1, -0.05) is 6.92 Å². The zero-order valence-electron chi connectivity index (χ0n) is 11.0. The molecule has 4 nitrogen and oxygen atoms in total. The van der Waals surface area contributed by atoms with E-state index in [9.17, 15) is 0 Å². The summed E-state index contributed by atoms with van der Waals surface area (Å²) in [4.78, 5) is 6.65. The first-order valence-electron chi connectivity index (χ1n) is 6.18. The van der Waals surface area contributed by atoms with Gasteiger partial charge in [-0.25, -0.2) is 0 Å². The van der Waals surface area contributed by atoms with Crippen LogP contribution in [0, 0.1) is 0 Å². The third kappa shape index (κ3) is 3.98. The molecule has 2 N–H and O–H groups in total. The minimum absolute atomic E-state index is 0.0399. The maximum atomic E-state index is 5.94. The van der Waals surface area contributed by atoms with Gasteiger partial charge in [0, 0.05) is 26.2 Å². The van der Waals surface area contributed by atoms with Gasteiger partial charge in [0.2, 0.25) is 0 Å². The highest BCUT2D eigenvalue weighted by molar-refractivity contribution is 5.44. The number of nitrogens with zero attached hydrogens (tertiary/aromatic N) is 2. The number of ether oxygens (including phenoxy) is 1. The van der Waals surface area contributed by atoms with E-state index in [0.29, 0.717) is 0 Å². The molecule has 1 aromatic heterocycles. The molecule has 0 bridgehead atoms. The van der Waals surface area contributed by atoms with Crippen LogP contribution in [-0.2, 0) is 4.74 Å². The Morgan fingerprint density at radius 3 is 2.65 bits per heavy atom. The van der Waals surface area contributed by atoms with Crippen molar-refractivity contribution in [2.24, 2.45) is 5.73 Å². The Labute approximate surface area is 104 Å². The van der Waals surface area contributed by atoms with Crippen molar-refractivity contribution in [2.75, 3.05) is 31.7 Å². The van der Waals surface area contributed by atoms with Crippen molar-refractivity contribution in [1.82, 2.24) is 4.98 Å². The topological polar surface area (TPSA) is 51.4 Å². The predicted octanol–water partition coefficient (Wildman–Crippen LogP) is 1.96. The normalized spacial score (nSPS) is 12.5. The van der Waals surface area contributed by atoms with Crippen LogP contribution in [0.4, 0.5) is 5.69 Å². The average molecular weight is 237 g/mol. The number of pyridine rings is 1. The highest BCUT2D eigenvalue weighted by atomic mass is 16.5. The van der Waals surface area contributed by atoms with Gasteiger partial charge in [-0.3, -0.25) is 4.98 Å². The van der Waals surface area contributed by atoms with Gasteiger partial charge in [0.25, 0.3) is 0 Å². The maximum Gasteiger partial charge on any atom is 0.0637 e. The number of hydrogen-bond donors (Lipinski definition) is 1. The number of rotatable bonds is 7.